The topological polar surface area (TPSA) is 17.1 Å². The molecule has 0 aliphatic rings. The molecule has 0 aromatic rings. The zero-order valence-corrected chi connectivity index (χ0v) is 7.98. The third-order valence-corrected chi connectivity index (χ3v) is 1.45. The molecule has 0 aromatic carbocycles. The van der Waals surface area contributed by atoms with Crippen LogP contribution in [0.25, 0.3) is 0 Å². The number of rotatable bonds is 3. The Bertz CT molecular complexity index is 295. The number of ketones is 1. The average Bonchev–Trinajstić information content (AvgIpc) is 2.01. The fourth-order valence-corrected chi connectivity index (χ4v) is 0.716. The minimum atomic E-state index is -4.48. The van der Waals surface area contributed by atoms with Crippen LogP contribution in [0.3, 0.4) is 0 Å². The average molecular weight is 204 g/mol. The molecule has 0 saturated carbocycles. The van der Waals surface area contributed by atoms with Gasteiger partial charge >= 0.3 is 6.18 Å². The second-order valence-electron chi connectivity index (χ2n) is 2.68. The molecule has 0 atom stereocenters. The summed E-state index contributed by atoms with van der Waals surface area (Å²) in [4.78, 5) is 10.9. The first-order valence-corrected chi connectivity index (χ1v) is 3.90. The summed E-state index contributed by atoms with van der Waals surface area (Å²) in [6.45, 7) is 5.66. The van der Waals surface area contributed by atoms with Gasteiger partial charge in [0.05, 0.1) is 0 Å². The van der Waals surface area contributed by atoms with Gasteiger partial charge in [0.2, 0.25) is 0 Å². The highest BCUT2D eigenvalue weighted by Crippen LogP contribution is 2.26. The van der Waals surface area contributed by atoms with Gasteiger partial charge in [-0.1, -0.05) is 18.7 Å². The smallest absolute Gasteiger partial charge is 0.295 e. The molecule has 0 spiro atoms. The van der Waals surface area contributed by atoms with Gasteiger partial charge in [-0.3, -0.25) is 4.79 Å². The van der Waals surface area contributed by atoms with E-state index in [0.717, 1.165) is 6.08 Å². The number of Topliss-reactive ketones (excluding diaryl/α,β-unsaturated/α-hetero) is 1. The zero-order valence-electron chi connectivity index (χ0n) is 7.98. The summed E-state index contributed by atoms with van der Waals surface area (Å²) < 4.78 is 36.1. The molecule has 0 fully saturated rings. The maximum Gasteiger partial charge on any atom is 0.415 e. The van der Waals surface area contributed by atoms with Crippen LogP contribution in [0, 0.1) is 0 Å². The molecule has 1 nitrogen and oxygen atoms in total. The lowest BCUT2D eigenvalue weighted by atomic mass is 10.1. The standard InChI is InChI=1S/C10H11F3O/c1-4-5-9(8(3)14)6-7(2)10(11,12)13/h4-6H,2H2,1,3H3/b5-4-,9-6+. The van der Waals surface area contributed by atoms with Gasteiger partial charge in [-0.25, -0.2) is 0 Å². The number of carbonyl (C=O) groups excluding carboxylic acids is 1. The summed E-state index contributed by atoms with van der Waals surface area (Å²) in [6.07, 6.45) is -0.930. The van der Waals surface area contributed by atoms with Gasteiger partial charge in [0.1, 0.15) is 0 Å². The molecule has 78 valence electrons. The zero-order chi connectivity index (χ0) is 11.4. The number of hydrogen-bond donors (Lipinski definition) is 0. The maximum atomic E-state index is 12.0. The van der Waals surface area contributed by atoms with E-state index in [1.54, 1.807) is 6.92 Å². The summed E-state index contributed by atoms with van der Waals surface area (Å²) in [6, 6.07) is 0. The van der Waals surface area contributed by atoms with Crippen molar-refractivity contribution in [2.45, 2.75) is 20.0 Å². The van der Waals surface area contributed by atoms with E-state index >= 15 is 0 Å². The molecule has 0 rings (SSSR count). The number of allylic oxidation sites excluding steroid dienone is 5. The Labute approximate surface area is 80.6 Å². The van der Waals surface area contributed by atoms with Crippen LogP contribution in [0.5, 0.6) is 0 Å². The van der Waals surface area contributed by atoms with Crippen molar-refractivity contribution in [3.8, 4) is 0 Å². The molecule has 0 saturated heterocycles. The minimum absolute atomic E-state index is 0.00479. The van der Waals surface area contributed by atoms with Crippen LogP contribution in [0.4, 0.5) is 13.2 Å². The maximum absolute atomic E-state index is 12.0. The summed E-state index contributed by atoms with van der Waals surface area (Å²) in [5.74, 6) is -0.423. The minimum Gasteiger partial charge on any atom is -0.295 e. The molecule has 0 unspecified atom stereocenters. The third-order valence-electron chi connectivity index (χ3n) is 1.45. The predicted molar refractivity (Wildman–Crippen MR) is 48.8 cm³/mol. The molecule has 14 heavy (non-hydrogen) atoms. The van der Waals surface area contributed by atoms with Gasteiger partial charge in [-0.2, -0.15) is 13.2 Å². The fraction of sp³-hybridized carbons (Fsp3) is 0.300. The highest BCUT2D eigenvalue weighted by atomic mass is 19.4. The van der Waals surface area contributed by atoms with E-state index in [1.165, 1.54) is 19.1 Å². The molecular formula is C10H11F3O. The second kappa shape index (κ2) is 4.79. The summed E-state index contributed by atoms with van der Waals surface area (Å²) >= 11 is 0. The van der Waals surface area contributed by atoms with Crippen molar-refractivity contribution in [2.75, 3.05) is 0 Å². The Hall–Kier alpha value is -1.32. The molecule has 0 aromatic heterocycles. The van der Waals surface area contributed by atoms with Crippen molar-refractivity contribution >= 4 is 5.78 Å². The molecule has 0 aliphatic carbocycles. The molecule has 4 heteroatoms. The third kappa shape index (κ3) is 4.07. The first-order chi connectivity index (χ1) is 6.29. The predicted octanol–water partition coefficient (Wildman–Crippen LogP) is 3.20. The van der Waals surface area contributed by atoms with Crippen LogP contribution in [0.15, 0.2) is 36.0 Å². The molecular weight excluding hydrogens is 193 g/mol. The van der Waals surface area contributed by atoms with Gasteiger partial charge in [0.25, 0.3) is 0 Å². The first kappa shape index (κ1) is 12.7. The van der Waals surface area contributed by atoms with E-state index in [0.29, 0.717) is 0 Å². The first-order valence-electron chi connectivity index (χ1n) is 3.90. The van der Waals surface area contributed by atoms with E-state index in [1.807, 2.05) is 0 Å². The summed E-state index contributed by atoms with van der Waals surface area (Å²) in [5.41, 5.74) is -1.03. The van der Waals surface area contributed by atoms with Gasteiger partial charge in [0.15, 0.2) is 5.78 Å². The quantitative estimate of drug-likeness (QED) is 0.509. The van der Waals surface area contributed by atoms with E-state index < -0.39 is 17.5 Å². The van der Waals surface area contributed by atoms with Gasteiger partial charge in [0, 0.05) is 11.1 Å². The molecule has 0 amide bonds. The Kier molecular flexibility index (Phi) is 4.34. The summed E-state index contributed by atoms with van der Waals surface area (Å²) in [5, 5.41) is 0. The van der Waals surface area contributed by atoms with E-state index in [9.17, 15) is 18.0 Å². The van der Waals surface area contributed by atoms with E-state index in [2.05, 4.69) is 6.58 Å². The lowest BCUT2D eigenvalue weighted by Gasteiger charge is -2.06. The van der Waals surface area contributed by atoms with Crippen molar-refractivity contribution in [1.29, 1.82) is 0 Å². The molecule has 0 radical (unpaired) electrons. The van der Waals surface area contributed by atoms with Crippen LogP contribution in [-0.2, 0) is 4.79 Å². The summed E-state index contributed by atoms with van der Waals surface area (Å²) in [7, 11) is 0. The largest absolute Gasteiger partial charge is 0.415 e. The molecule has 0 heterocycles. The van der Waals surface area contributed by atoms with Crippen LogP contribution < -0.4 is 0 Å². The normalized spacial score (nSPS) is 13.4. The number of hydrogen-bond acceptors (Lipinski definition) is 1. The number of halogens is 3. The number of alkyl halides is 3. The van der Waals surface area contributed by atoms with Gasteiger partial charge in [-0.15, -0.1) is 0 Å². The van der Waals surface area contributed by atoms with E-state index in [4.69, 9.17) is 0 Å². The van der Waals surface area contributed by atoms with Crippen molar-refractivity contribution in [3.05, 3.63) is 36.0 Å². The molecule has 0 bridgehead atoms. The second-order valence-corrected chi connectivity index (χ2v) is 2.68. The van der Waals surface area contributed by atoms with Crippen molar-refractivity contribution in [1.82, 2.24) is 0 Å². The highest BCUT2D eigenvalue weighted by Gasteiger charge is 2.30. The van der Waals surface area contributed by atoms with Gasteiger partial charge in [-0.05, 0) is 19.9 Å². The van der Waals surface area contributed by atoms with Crippen molar-refractivity contribution < 1.29 is 18.0 Å². The fourth-order valence-electron chi connectivity index (χ4n) is 0.716. The molecule has 0 N–H and O–H groups in total. The van der Waals surface area contributed by atoms with Crippen LogP contribution in [-0.4, -0.2) is 12.0 Å². The van der Waals surface area contributed by atoms with E-state index in [-0.39, 0.29) is 5.57 Å². The Morgan fingerprint density at radius 2 is 1.86 bits per heavy atom. The van der Waals surface area contributed by atoms with Crippen LogP contribution in [0.2, 0.25) is 0 Å². The monoisotopic (exact) mass is 204 g/mol. The van der Waals surface area contributed by atoms with Crippen LogP contribution >= 0.6 is 0 Å². The Morgan fingerprint density at radius 3 is 2.14 bits per heavy atom. The highest BCUT2D eigenvalue weighted by molar-refractivity contribution is 5.96. The SMILES string of the molecule is C=C(/C=C(\C=C/C)C(C)=O)C(F)(F)F. The van der Waals surface area contributed by atoms with Crippen LogP contribution in [0.1, 0.15) is 13.8 Å². The Balaban J connectivity index is 4.94. The Morgan fingerprint density at radius 1 is 1.36 bits per heavy atom. The number of carbonyl (C=O) groups is 1. The van der Waals surface area contributed by atoms with Crippen molar-refractivity contribution in [3.63, 3.8) is 0 Å². The van der Waals surface area contributed by atoms with Crippen molar-refractivity contribution in [2.24, 2.45) is 0 Å². The lowest BCUT2D eigenvalue weighted by Crippen LogP contribution is -2.10. The van der Waals surface area contributed by atoms with Gasteiger partial charge < -0.3 is 0 Å². The molecule has 0 aliphatic heterocycles. The lowest BCUT2D eigenvalue weighted by molar-refractivity contribution is -0.113.